The van der Waals surface area contributed by atoms with Crippen LogP contribution in [0.5, 0.6) is 0 Å². The SMILES string of the molecule is Fc1ccc(CN2CCCCCC2c2cccc(Nc3cnccn3)c2)nc1. The third-order valence-electron chi connectivity index (χ3n) is 5.12. The molecule has 3 aromatic rings. The average Bonchev–Trinajstić information content (AvgIpc) is 2.96. The van der Waals surface area contributed by atoms with Crippen molar-refractivity contribution < 1.29 is 4.39 Å². The van der Waals surface area contributed by atoms with E-state index in [9.17, 15) is 4.39 Å². The fourth-order valence-corrected chi connectivity index (χ4v) is 3.78. The number of pyridine rings is 1. The van der Waals surface area contributed by atoms with Crippen molar-refractivity contribution in [2.45, 2.75) is 38.3 Å². The van der Waals surface area contributed by atoms with Gasteiger partial charge in [-0.3, -0.25) is 14.9 Å². The molecule has 1 N–H and O–H groups in total. The average molecular weight is 377 g/mol. The fourth-order valence-electron chi connectivity index (χ4n) is 3.78. The largest absolute Gasteiger partial charge is 0.339 e. The van der Waals surface area contributed by atoms with Crippen LogP contribution in [0.2, 0.25) is 0 Å². The van der Waals surface area contributed by atoms with E-state index in [0.717, 1.165) is 36.7 Å². The molecule has 28 heavy (non-hydrogen) atoms. The molecule has 0 saturated carbocycles. The van der Waals surface area contributed by atoms with Crippen LogP contribution in [0.25, 0.3) is 0 Å². The Morgan fingerprint density at radius 1 is 1.04 bits per heavy atom. The maximum absolute atomic E-state index is 13.2. The summed E-state index contributed by atoms with van der Waals surface area (Å²) >= 11 is 0. The van der Waals surface area contributed by atoms with E-state index in [4.69, 9.17) is 0 Å². The standard InChI is InChI=1S/C22H24FN5/c23-18-8-9-20(26-14-18)16-28-12-3-1-2-7-21(28)17-5-4-6-19(13-17)27-22-15-24-10-11-25-22/h4-6,8-11,13-15,21H,1-3,7,12,16H2,(H,25,27). The summed E-state index contributed by atoms with van der Waals surface area (Å²) in [6.07, 6.45) is 11.1. The van der Waals surface area contributed by atoms with E-state index in [1.54, 1.807) is 24.7 Å². The zero-order chi connectivity index (χ0) is 19.2. The number of nitrogens with zero attached hydrogens (tertiary/aromatic N) is 4. The Bertz CT molecular complexity index is 885. The van der Waals surface area contributed by atoms with Crippen molar-refractivity contribution in [3.8, 4) is 0 Å². The van der Waals surface area contributed by atoms with E-state index < -0.39 is 0 Å². The molecule has 1 fully saturated rings. The summed E-state index contributed by atoms with van der Waals surface area (Å²) in [5, 5.41) is 3.32. The lowest BCUT2D eigenvalue weighted by Crippen LogP contribution is -2.28. The lowest BCUT2D eigenvalue weighted by Gasteiger charge is -2.30. The number of aromatic nitrogens is 3. The first-order chi connectivity index (χ1) is 13.8. The van der Waals surface area contributed by atoms with Crippen LogP contribution in [0.15, 0.2) is 61.2 Å². The van der Waals surface area contributed by atoms with Crippen LogP contribution >= 0.6 is 0 Å². The van der Waals surface area contributed by atoms with Gasteiger partial charge in [-0.15, -0.1) is 0 Å². The predicted molar refractivity (Wildman–Crippen MR) is 108 cm³/mol. The fraction of sp³-hybridized carbons (Fsp3) is 0.318. The van der Waals surface area contributed by atoms with Crippen molar-refractivity contribution in [3.05, 3.63) is 78.3 Å². The van der Waals surface area contributed by atoms with Crippen LogP contribution in [-0.4, -0.2) is 26.4 Å². The lowest BCUT2D eigenvalue weighted by molar-refractivity contribution is 0.190. The van der Waals surface area contributed by atoms with Gasteiger partial charge in [-0.25, -0.2) is 9.37 Å². The van der Waals surface area contributed by atoms with Gasteiger partial charge in [-0.2, -0.15) is 0 Å². The highest BCUT2D eigenvalue weighted by atomic mass is 19.1. The predicted octanol–water partition coefficient (Wildman–Crippen LogP) is 4.87. The molecule has 1 aliphatic rings. The number of likely N-dealkylation sites (tertiary alicyclic amines) is 1. The smallest absolute Gasteiger partial charge is 0.148 e. The van der Waals surface area contributed by atoms with Crippen molar-refractivity contribution in [2.75, 3.05) is 11.9 Å². The van der Waals surface area contributed by atoms with Crippen LogP contribution in [0.1, 0.15) is 43.0 Å². The second-order valence-corrected chi connectivity index (χ2v) is 7.14. The van der Waals surface area contributed by atoms with E-state index in [1.165, 1.54) is 37.1 Å². The molecule has 0 radical (unpaired) electrons. The van der Waals surface area contributed by atoms with Gasteiger partial charge in [-0.1, -0.05) is 25.0 Å². The van der Waals surface area contributed by atoms with E-state index in [1.807, 2.05) is 6.07 Å². The van der Waals surface area contributed by atoms with Gasteiger partial charge in [0.1, 0.15) is 11.6 Å². The molecular weight excluding hydrogens is 353 g/mol. The molecule has 2 aromatic heterocycles. The molecule has 144 valence electrons. The third kappa shape index (κ3) is 4.70. The van der Waals surface area contributed by atoms with Gasteiger partial charge in [0, 0.05) is 30.7 Å². The normalized spacial score (nSPS) is 17.8. The summed E-state index contributed by atoms with van der Waals surface area (Å²) in [6, 6.07) is 12.1. The number of hydrogen-bond acceptors (Lipinski definition) is 5. The van der Waals surface area contributed by atoms with E-state index in [0.29, 0.717) is 6.04 Å². The Balaban J connectivity index is 1.55. The second kappa shape index (κ2) is 8.89. The maximum Gasteiger partial charge on any atom is 0.148 e. The molecule has 0 amide bonds. The van der Waals surface area contributed by atoms with Crippen LogP contribution in [0.4, 0.5) is 15.9 Å². The molecule has 1 unspecified atom stereocenters. The molecule has 3 heterocycles. The van der Waals surface area contributed by atoms with Crippen LogP contribution in [0, 0.1) is 5.82 Å². The summed E-state index contributed by atoms with van der Waals surface area (Å²) in [6.45, 7) is 1.75. The third-order valence-corrected chi connectivity index (χ3v) is 5.12. The molecule has 6 heteroatoms. The summed E-state index contributed by atoms with van der Waals surface area (Å²) in [4.78, 5) is 15.1. The van der Waals surface area contributed by atoms with Gasteiger partial charge in [0.25, 0.3) is 0 Å². The first kappa shape index (κ1) is 18.5. The molecule has 5 nitrogen and oxygen atoms in total. The molecule has 4 rings (SSSR count). The second-order valence-electron chi connectivity index (χ2n) is 7.14. The quantitative estimate of drug-likeness (QED) is 0.687. The number of halogens is 1. The van der Waals surface area contributed by atoms with Crippen molar-refractivity contribution in [2.24, 2.45) is 0 Å². The first-order valence-electron chi connectivity index (χ1n) is 9.75. The van der Waals surface area contributed by atoms with E-state index in [-0.39, 0.29) is 5.82 Å². The summed E-state index contributed by atoms with van der Waals surface area (Å²) in [7, 11) is 0. The minimum atomic E-state index is -0.293. The topological polar surface area (TPSA) is 53.9 Å². The van der Waals surface area contributed by atoms with Gasteiger partial charge in [0.15, 0.2) is 0 Å². The van der Waals surface area contributed by atoms with Crippen LogP contribution in [-0.2, 0) is 6.54 Å². The Kier molecular flexibility index (Phi) is 5.87. The zero-order valence-electron chi connectivity index (χ0n) is 15.8. The Labute approximate surface area is 164 Å². The molecule has 0 bridgehead atoms. The van der Waals surface area contributed by atoms with Gasteiger partial charge in [0.2, 0.25) is 0 Å². The minimum Gasteiger partial charge on any atom is -0.339 e. The lowest BCUT2D eigenvalue weighted by atomic mass is 10.00. The Morgan fingerprint density at radius 2 is 2.00 bits per heavy atom. The van der Waals surface area contributed by atoms with Crippen molar-refractivity contribution >= 4 is 11.5 Å². The summed E-state index contributed by atoms with van der Waals surface area (Å²) < 4.78 is 13.2. The van der Waals surface area contributed by atoms with Gasteiger partial charge < -0.3 is 5.32 Å². The first-order valence-corrected chi connectivity index (χ1v) is 9.75. The highest BCUT2D eigenvalue weighted by Gasteiger charge is 2.23. The van der Waals surface area contributed by atoms with Crippen molar-refractivity contribution in [3.63, 3.8) is 0 Å². The molecule has 1 aliphatic heterocycles. The molecule has 0 spiro atoms. The molecule has 1 saturated heterocycles. The molecule has 1 atom stereocenters. The minimum absolute atomic E-state index is 0.293. The number of anilines is 2. The summed E-state index contributed by atoms with van der Waals surface area (Å²) in [5.41, 5.74) is 3.18. The Hall–Kier alpha value is -2.86. The maximum atomic E-state index is 13.2. The van der Waals surface area contributed by atoms with E-state index in [2.05, 4.69) is 43.4 Å². The van der Waals surface area contributed by atoms with Crippen molar-refractivity contribution in [1.82, 2.24) is 19.9 Å². The number of hydrogen-bond donors (Lipinski definition) is 1. The van der Waals surface area contributed by atoms with Crippen LogP contribution in [0.3, 0.4) is 0 Å². The highest BCUT2D eigenvalue weighted by molar-refractivity contribution is 5.56. The van der Waals surface area contributed by atoms with Gasteiger partial charge >= 0.3 is 0 Å². The van der Waals surface area contributed by atoms with Crippen molar-refractivity contribution in [1.29, 1.82) is 0 Å². The molecular formula is C22H24FN5. The van der Waals surface area contributed by atoms with Gasteiger partial charge in [-0.05, 0) is 49.2 Å². The molecule has 0 aliphatic carbocycles. The van der Waals surface area contributed by atoms with E-state index >= 15 is 0 Å². The number of benzene rings is 1. The molecule has 1 aromatic carbocycles. The highest BCUT2D eigenvalue weighted by Crippen LogP contribution is 2.32. The zero-order valence-corrected chi connectivity index (χ0v) is 15.8. The Morgan fingerprint density at radius 3 is 2.82 bits per heavy atom. The number of nitrogens with one attached hydrogen (secondary N) is 1. The summed E-state index contributed by atoms with van der Waals surface area (Å²) in [5.74, 6) is 0.437. The number of rotatable bonds is 5. The van der Waals surface area contributed by atoms with Crippen LogP contribution < -0.4 is 5.32 Å². The monoisotopic (exact) mass is 377 g/mol. The van der Waals surface area contributed by atoms with Gasteiger partial charge in [0.05, 0.1) is 18.1 Å².